The number of aromatic nitrogens is 2. The number of anilines is 1. The van der Waals surface area contributed by atoms with Gasteiger partial charge in [-0.05, 0) is 90.8 Å². The third-order valence-corrected chi connectivity index (χ3v) is 10.4. The molecule has 6 rings (SSSR count). The van der Waals surface area contributed by atoms with E-state index in [0.717, 1.165) is 56.0 Å². The van der Waals surface area contributed by atoms with Gasteiger partial charge in [-0.2, -0.15) is 0 Å². The second kappa shape index (κ2) is 15.0. The Labute approximate surface area is 284 Å². The zero-order valence-corrected chi connectivity index (χ0v) is 28.0. The highest BCUT2D eigenvalue weighted by Gasteiger charge is 2.39. The summed E-state index contributed by atoms with van der Waals surface area (Å²) in [5.41, 5.74) is 3.07. The van der Waals surface area contributed by atoms with Crippen LogP contribution in [0.3, 0.4) is 0 Å². The van der Waals surface area contributed by atoms with Crippen molar-refractivity contribution in [3.63, 3.8) is 0 Å². The van der Waals surface area contributed by atoms with E-state index in [-0.39, 0.29) is 35.6 Å². The number of piperidine rings is 1. The van der Waals surface area contributed by atoms with E-state index in [1.54, 1.807) is 4.90 Å². The zero-order chi connectivity index (χ0) is 34.7. The Morgan fingerprint density at radius 1 is 0.857 bits per heavy atom. The van der Waals surface area contributed by atoms with E-state index in [0.29, 0.717) is 50.5 Å². The van der Waals surface area contributed by atoms with Gasteiger partial charge in [0, 0.05) is 70.6 Å². The van der Waals surface area contributed by atoms with Crippen molar-refractivity contribution in [1.82, 2.24) is 25.1 Å². The minimum atomic E-state index is -1.58. The lowest BCUT2D eigenvalue weighted by Gasteiger charge is -2.32. The number of benzene rings is 2. The molecule has 0 unspecified atom stereocenters. The van der Waals surface area contributed by atoms with Gasteiger partial charge in [0.2, 0.25) is 17.8 Å². The Hall–Kier alpha value is -4.48. The average molecular weight is 677 g/mol. The van der Waals surface area contributed by atoms with E-state index in [1.165, 1.54) is 12.5 Å². The topological polar surface area (TPSA) is 98.7 Å². The monoisotopic (exact) mass is 676 g/mol. The van der Waals surface area contributed by atoms with Crippen molar-refractivity contribution in [3.8, 4) is 0 Å². The summed E-state index contributed by atoms with van der Waals surface area (Å²) in [4.78, 5) is 54.1. The molecule has 0 bridgehead atoms. The van der Waals surface area contributed by atoms with Crippen LogP contribution in [0.1, 0.15) is 72.5 Å². The standard InChI is InChI=1S/C37H43F3N6O3/c1-3-24-19-41-37(42-20-24)45-13-7-26(8-14-45)27-5-4-6-28(18-27)35(48)46-21-29-9-11-44(12-10-30(29)22-46)36(49)33(43-23(2)47)17-25-15-31(38)34(40)32(39)16-25/h4-6,15-16,18-20,26,29-30,33H,3,7-14,17,21-22H2,1-2H3,(H,43,47)/t29-,30+,33-/m1/s1. The minimum Gasteiger partial charge on any atom is -0.344 e. The number of fused-ring (bicyclic) bond motifs is 1. The SMILES string of the molecule is CCc1cnc(N2CCC(c3cccc(C(=O)N4C[C@H]5CCN(C(=O)[C@@H](Cc6cc(F)c(F)c(F)c6)NC(C)=O)CC[C@H]5C4)c3)CC2)nc1. The molecule has 2 aromatic carbocycles. The third kappa shape index (κ3) is 7.89. The van der Waals surface area contributed by atoms with Crippen molar-refractivity contribution in [1.29, 1.82) is 0 Å². The van der Waals surface area contributed by atoms with Crippen LogP contribution in [0.5, 0.6) is 0 Å². The van der Waals surface area contributed by atoms with Crippen LogP contribution in [-0.2, 0) is 22.4 Å². The number of rotatable bonds is 8. The van der Waals surface area contributed by atoms with Crippen LogP contribution in [0.15, 0.2) is 48.8 Å². The maximum Gasteiger partial charge on any atom is 0.253 e. The number of aryl methyl sites for hydroxylation is 1. The van der Waals surface area contributed by atoms with Gasteiger partial charge in [0.15, 0.2) is 17.5 Å². The summed E-state index contributed by atoms with van der Waals surface area (Å²) < 4.78 is 41.2. The first-order valence-corrected chi connectivity index (χ1v) is 17.2. The number of carbonyl (C=O) groups is 3. The molecule has 3 aliphatic heterocycles. The molecule has 0 radical (unpaired) electrons. The summed E-state index contributed by atoms with van der Waals surface area (Å²) in [6, 6.07) is 8.67. The minimum absolute atomic E-state index is 0.0224. The summed E-state index contributed by atoms with van der Waals surface area (Å²) in [6.45, 7) is 7.16. The smallest absolute Gasteiger partial charge is 0.253 e. The van der Waals surface area contributed by atoms with E-state index < -0.39 is 29.4 Å². The quantitative estimate of drug-likeness (QED) is 0.341. The largest absolute Gasteiger partial charge is 0.344 e. The van der Waals surface area contributed by atoms with Crippen molar-refractivity contribution in [2.75, 3.05) is 44.2 Å². The fourth-order valence-corrected chi connectivity index (χ4v) is 7.58. The molecule has 12 heteroatoms. The van der Waals surface area contributed by atoms with Crippen molar-refractivity contribution in [3.05, 3.63) is 88.5 Å². The van der Waals surface area contributed by atoms with Gasteiger partial charge in [-0.1, -0.05) is 19.1 Å². The number of hydrogen-bond acceptors (Lipinski definition) is 6. The molecule has 9 nitrogen and oxygen atoms in total. The van der Waals surface area contributed by atoms with Gasteiger partial charge in [-0.25, -0.2) is 23.1 Å². The summed E-state index contributed by atoms with van der Waals surface area (Å²) in [6.07, 6.45) is 7.83. The van der Waals surface area contributed by atoms with Gasteiger partial charge in [0.25, 0.3) is 5.91 Å². The van der Waals surface area contributed by atoms with E-state index in [9.17, 15) is 27.6 Å². The fraction of sp³-hybridized carbons (Fsp3) is 0.486. The number of amides is 3. The summed E-state index contributed by atoms with van der Waals surface area (Å²) in [5, 5.41) is 2.60. The lowest BCUT2D eigenvalue weighted by Crippen LogP contribution is -2.49. The molecule has 1 aromatic heterocycles. The molecule has 4 heterocycles. The van der Waals surface area contributed by atoms with Crippen LogP contribution in [0, 0.1) is 29.3 Å². The molecule has 3 atom stereocenters. The highest BCUT2D eigenvalue weighted by atomic mass is 19.2. The molecule has 260 valence electrons. The highest BCUT2D eigenvalue weighted by molar-refractivity contribution is 5.94. The number of likely N-dealkylation sites (tertiary alicyclic amines) is 2. The van der Waals surface area contributed by atoms with Crippen molar-refractivity contribution in [2.24, 2.45) is 11.8 Å². The van der Waals surface area contributed by atoms with Crippen LogP contribution in [0.4, 0.5) is 19.1 Å². The van der Waals surface area contributed by atoms with Crippen LogP contribution >= 0.6 is 0 Å². The second-order valence-electron chi connectivity index (χ2n) is 13.6. The average Bonchev–Trinajstić information content (AvgIpc) is 3.42. The van der Waals surface area contributed by atoms with Gasteiger partial charge < -0.3 is 20.0 Å². The van der Waals surface area contributed by atoms with Gasteiger partial charge in [0.1, 0.15) is 6.04 Å². The lowest BCUT2D eigenvalue weighted by molar-refractivity contribution is -0.136. The normalized spacial score (nSPS) is 20.5. The summed E-state index contributed by atoms with van der Waals surface area (Å²) in [5.74, 6) is -3.48. The number of carbonyl (C=O) groups excluding carboxylic acids is 3. The Balaban J connectivity index is 1.04. The number of nitrogens with zero attached hydrogens (tertiary/aromatic N) is 5. The predicted molar refractivity (Wildman–Crippen MR) is 178 cm³/mol. The predicted octanol–water partition coefficient (Wildman–Crippen LogP) is 4.90. The fourth-order valence-electron chi connectivity index (χ4n) is 7.58. The van der Waals surface area contributed by atoms with Gasteiger partial charge in [-0.3, -0.25) is 14.4 Å². The molecule has 3 aromatic rings. The van der Waals surface area contributed by atoms with E-state index >= 15 is 0 Å². The van der Waals surface area contributed by atoms with Crippen LogP contribution in [0.25, 0.3) is 0 Å². The van der Waals surface area contributed by atoms with Gasteiger partial charge in [0.05, 0.1) is 0 Å². The molecule has 3 amide bonds. The number of halogens is 3. The second-order valence-corrected chi connectivity index (χ2v) is 13.6. The first-order valence-electron chi connectivity index (χ1n) is 17.2. The molecule has 49 heavy (non-hydrogen) atoms. The molecule has 1 N–H and O–H groups in total. The maximum absolute atomic E-state index is 13.8. The molecule has 3 saturated heterocycles. The summed E-state index contributed by atoms with van der Waals surface area (Å²) >= 11 is 0. The van der Waals surface area contributed by atoms with Crippen LogP contribution in [-0.4, -0.2) is 82.8 Å². The van der Waals surface area contributed by atoms with Crippen molar-refractivity contribution in [2.45, 2.75) is 64.3 Å². The maximum atomic E-state index is 13.8. The summed E-state index contributed by atoms with van der Waals surface area (Å²) in [7, 11) is 0. The molecular weight excluding hydrogens is 633 g/mol. The molecular formula is C37H43F3N6O3. The Kier molecular flexibility index (Phi) is 10.5. The highest BCUT2D eigenvalue weighted by Crippen LogP contribution is 2.34. The third-order valence-electron chi connectivity index (χ3n) is 10.4. The van der Waals surface area contributed by atoms with E-state index in [2.05, 4.69) is 33.2 Å². The first-order chi connectivity index (χ1) is 23.6. The zero-order valence-electron chi connectivity index (χ0n) is 28.0. The number of nitrogens with one attached hydrogen (secondary N) is 1. The first kappa shape index (κ1) is 34.4. The lowest BCUT2D eigenvalue weighted by atomic mass is 9.88. The van der Waals surface area contributed by atoms with Crippen molar-refractivity contribution < 1.29 is 27.6 Å². The Bertz CT molecular complexity index is 1640. The van der Waals surface area contributed by atoms with Crippen molar-refractivity contribution >= 4 is 23.7 Å². The molecule has 3 fully saturated rings. The number of hydrogen-bond donors (Lipinski definition) is 1. The molecule has 0 saturated carbocycles. The Morgan fingerprint density at radius 3 is 2.08 bits per heavy atom. The van der Waals surface area contributed by atoms with E-state index in [1.807, 2.05) is 35.5 Å². The van der Waals surface area contributed by atoms with Crippen LogP contribution < -0.4 is 10.2 Å². The molecule has 0 aliphatic carbocycles. The Morgan fingerprint density at radius 2 is 1.49 bits per heavy atom. The van der Waals surface area contributed by atoms with Gasteiger partial charge >= 0.3 is 0 Å². The molecule has 0 spiro atoms. The van der Waals surface area contributed by atoms with Gasteiger partial charge in [-0.15, -0.1) is 0 Å². The van der Waals surface area contributed by atoms with E-state index in [4.69, 9.17) is 0 Å². The van der Waals surface area contributed by atoms with Crippen LogP contribution in [0.2, 0.25) is 0 Å². The molecule has 3 aliphatic rings.